The van der Waals surface area contributed by atoms with Gasteiger partial charge < -0.3 is 0 Å². The van der Waals surface area contributed by atoms with Crippen LogP contribution in [0.15, 0.2) is 121 Å². The van der Waals surface area contributed by atoms with Gasteiger partial charge in [0.1, 0.15) is 0 Å². The summed E-state index contributed by atoms with van der Waals surface area (Å²) in [7, 11) is 0. The highest BCUT2D eigenvalue weighted by molar-refractivity contribution is 6.29. The molecule has 4 rings (SSSR count). The Morgan fingerprint density at radius 2 is 0.586 bits per heavy atom. The lowest BCUT2D eigenvalue weighted by atomic mass is 9.77. The van der Waals surface area contributed by atoms with Gasteiger partial charge in [-0.1, -0.05) is 121 Å². The lowest BCUT2D eigenvalue weighted by Crippen LogP contribution is -2.32. The Balaban J connectivity index is 1.91. The predicted molar refractivity (Wildman–Crippen MR) is 124 cm³/mol. The fourth-order valence-corrected chi connectivity index (χ4v) is 4.86. The minimum atomic E-state index is -0.782. The van der Waals surface area contributed by atoms with Gasteiger partial charge in [0.05, 0.1) is 9.75 Å². The maximum absolute atomic E-state index is 7.49. The zero-order valence-electron chi connectivity index (χ0n) is 16.0. The van der Waals surface area contributed by atoms with Crippen LogP contribution in [0.1, 0.15) is 28.7 Å². The second-order valence-corrected chi connectivity index (χ2v) is 8.53. The van der Waals surface area contributed by atoms with Gasteiger partial charge in [-0.15, -0.1) is 23.2 Å². The van der Waals surface area contributed by atoms with E-state index in [1.54, 1.807) is 0 Å². The molecule has 0 saturated heterocycles. The molecule has 29 heavy (non-hydrogen) atoms. The van der Waals surface area contributed by atoms with Crippen LogP contribution in [-0.4, -0.2) is 0 Å². The van der Waals surface area contributed by atoms with E-state index in [1.165, 1.54) is 0 Å². The van der Waals surface area contributed by atoms with Gasteiger partial charge in [0.25, 0.3) is 0 Å². The molecule has 0 unspecified atom stereocenters. The SMILES string of the molecule is ClC(CC(Cl)(c1ccccc1)c1ccccc1)(c1ccccc1)c1ccccc1. The number of alkyl halides is 2. The standard InChI is InChI=1S/C27H22Cl2/c28-26(22-13-5-1-6-14-22,23-15-7-2-8-16-23)21-27(29,24-17-9-3-10-18-24)25-19-11-4-12-20-25/h1-20H,21H2. The van der Waals surface area contributed by atoms with Gasteiger partial charge >= 0.3 is 0 Å². The Kier molecular flexibility index (Phi) is 5.76. The first-order chi connectivity index (χ1) is 14.1. The smallest absolute Gasteiger partial charge is 0.0967 e. The number of rotatable bonds is 6. The van der Waals surface area contributed by atoms with Crippen LogP contribution in [0.5, 0.6) is 0 Å². The lowest BCUT2D eigenvalue weighted by Gasteiger charge is -2.38. The van der Waals surface area contributed by atoms with Crippen molar-refractivity contribution in [2.75, 3.05) is 0 Å². The zero-order chi connectivity index (χ0) is 20.2. The molecule has 0 amide bonds. The monoisotopic (exact) mass is 416 g/mol. The van der Waals surface area contributed by atoms with Crippen LogP contribution in [-0.2, 0) is 9.75 Å². The normalized spacial score (nSPS) is 11.9. The van der Waals surface area contributed by atoms with Crippen LogP contribution in [0.4, 0.5) is 0 Å². The largest absolute Gasteiger partial charge is 0.109 e. The van der Waals surface area contributed by atoms with E-state index in [9.17, 15) is 0 Å². The van der Waals surface area contributed by atoms with Gasteiger partial charge in [-0.25, -0.2) is 0 Å². The van der Waals surface area contributed by atoms with Crippen LogP contribution in [0.25, 0.3) is 0 Å². The average molecular weight is 417 g/mol. The van der Waals surface area contributed by atoms with Crippen molar-refractivity contribution in [2.24, 2.45) is 0 Å². The zero-order valence-corrected chi connectivity index (χ0v) is 17.5. The molecule has 0 fully saturated rings. The van der Waals surface area contributed by atoms with Crippen molar-refractivity contribution in [3.8, 4) is 0 Å². The van der Waals surface area contributed by atoms with Crippen molar-refractivity contribution in [3.63, 3.8) is 0 Å². The maximum atomic E-state index is 7.49. The van der Waals surface area contributed by atoms with Crippen LogP contribution >= 0.6 is 23.2 Å². The highest BCUT2D eigenvalue weighted by atomic mass is 35.5. The predicted octanol–water partition coefficient (Wildman–Crippen LogP) is 7.74. The molecule has 0 aliphatic carbocycles. The van der Waals surface area contributed by atoms with Crippen molar-refractivity contribution >= 4 is 23.2 Å². The van der Waals surface area contributed by atoms with Crippen molar-refractivity contribution in [1.82, 2.24) is 0 Å². The molecule has 0 aromatic heterocycles. The van der Waals surface area contributed by atoms with E-state index in [0.29, 0.717) is 6.42 Å². The van der Waals surface area contributed by atoms with E-state index in [4.69, 9.17) is 23.2 Å². The summed E-state index contributed by atoms with van der Waals surface area (Å²) in [4.78, 5) is -1.56. The highest BCUT2D eigenvalue weighted by Gasteiger charge is 2.43. The third-order valence-corrected chi connectivity index (χ3v) is 6.55. The van der Waals surface area contributed by atoms with Crippen molar-refractivity contribution in [1.29, 1.82) is 0 Å². The first-order valence-corrected chi connectivity index (χ1v) is 10.5. The molecule has 0 N–H and O–H groups in total. The molecule has 0 heterocycles. The van der Waals surface area contributed by atoms with Gasteiger partial charge in [-0.2, -0.15) is 0 Å². The Labute approximate surface area is 182 Å². The molecule has 4 aromatic carbocycles. The van der Waals surface area contributed by atoms with E-state index in [1.807, 2.05) is 72.8 Å². The summed E-state index contributed by atoms with van der Waals surface area (Å²) in [6, 6.07) is 40.8. The van der Waals surface area contributed by atoms with E-state index < -0.39 is 9.75 Å². The summed E-state index contributed by atoms with van der Waals surface area (Å²) in [6.45, 7) is 0. The van der Waals surface area contributed by atoms with Gasteiger partial charge in [0.15, 0.2) is 0 Å². The number of hydrogen-bond donors (Lipinski definition) is 0. The number of hydrogen-bond acceptors (Lipinski definition) is 0. The average Bonchev–Trinajstić information content (AvgIpc) is 2.81. The molecule has 4 aromatic rings. The molecule has 0 aliphatic rings. The van der Waals surface area contributed by atoms with Crippen LogP contribution in [0.3, 0.4) is 0 Å². The number of halogens is 2. The van der Waals surface area contributed by atoms with E-state index >= 15 is 0 Å². The quantitative estimate of drug-likeness (QED) is 0.282. The van der Waals surface area contributed by atoms with Crippen LogP contribution < -0.4 is 0 Å². The third kappa shape index (κ3) is 3.96. The summed E-state index contributed by atoms with van der Waals surface area (Å²) in [5, 5.41) is 0. The van der Waals surface area contributed by atoms with E-state index in [0.717, 1.165) is 22.3 Å². The van der Waals surface area contributed by atoms with Gasteiger partial charge in [0.2, 0.25) is 0 Å². The topological polar surface area (TPSA) is 0 Å². The first kappa shape index (κ1) is 19.8. The Hall–Kier alpha value is -2.54. The summed E-state index contributed by atoms with van der Waals surface area (Å²) in [5.74, 6) is 0. The lowest BCUT2D eigenvalue weighted by molar-refractivity contribution is 0.546. The molecule has 0 spiro atoms. The molecule has 144 valence electrons. The summed E-state index contributed by atoms with van der Waals surface area (Å²) >= 11 is 15.0. The second kappa shape index (κ2) is 8.45. The summed E-state index contributed by atoms with van der Waals surface area (Å²) < 4.78 is 0. The minimum Gasteiger partial charge on any atom is -0.109 e. The van der Waals surface area contributed by atoms with Crippen LogP contribution in [0.2, 0.25) is 0 Å². The van der Waals surface area contributed by atoms with Crippen molar-refractivity contribution in [2.45, 2.75) is 16.2 Å². The molecule has 0 bridgehead atoms. The molecule has 0 atom stereocenters. The highest BCUT2D eigenvalue weighted by Crippen LogP contribution is 2.51. The van der Waals surface area contributed by atoms with Crippen LogP contribution in [0, 0.1) is 0 Å². The van der Waals surface area contributed by atoms with Gasteiger partial charge in [0, 0.05) is 6.42 Å². The summed E-state index contributed by atoms with van der Waals surface area (Å²) in [6.07, 6.45) is 0.505. The molecular formula is C27H22Cl2. The van der Waals surface area contributed by atoms with E-state index in [2.05, 4.69) is 48.5 Å². The molecule has 0 aliphatic heterocycles. The Morgan fingerprint density at radius 3 is 0.793 bits per heavy atom. The second-order valence-electron chi connectivity index (χ2n) is 7.24. The van der Waals surface area contributed by atoms with Gasteiger partial charge in [-0.05, 0) is 22.3 Å². The van der Waals surface area contributed by atoms with Gasteiger partial charge in [-0.3, -0.25) is 0 Å². The molecule has 0 nitrogen and oxygen atoms in total. The van der Waals surface area contributed by atoms with Crippen molar-refractivity contribution < 1.29 is 0 Å². The summed E-state index contributed by atoms with van der Waals surface area (Å²) in [5.41, 5.74) is 4.13. The maximum Gasteiger partial charge on any atom is 0.0967 e. The van der Waals surface area contributed by atoms with E-state index in [-0.39, 0.29) is 0 Å². The number of benzene rings is 4. The minimum absolute atomic E-state index is 0.505. The third-order valence-electron chi connectivity index (χ3n) is 5.41. The first-order valence-electron chi connectivity index (χ1n) is 9.73. The molecule has 0 radical (unpaired) electrons. The Bertz CT molecular complexity index is 863. The molecular weight excluding hydrogens is 395 g/mol. The molecule has 0 saturated carbocycles. The Morgan fingerprint density at radius 1 is 0.379 bits per heavy atom. The van der Waals surface area contributed by atoms with Crippen molar-refractivity contribution in [3.05, 3.63) is 144 Å². The fraction of sp³-hybridized carbons (Fsp3) is 0.111. The molecule has 2 heteroatoms. The fourth-order valence-electron chi connectivity index (χ4n) is 3.89.